The second kappa shape index (κ2) is 4.67. The minimum Gasteiger partial charge on any atom is -0.297 e. The van der Waals surface area contributed by atoms with Crippen LogP contribution in [-0.4, -0.2) is 15.4 Å². The predicted molar refractivity (Wildman–Crippen MR) is 51.2 cm³/mol. The van der Waals surface area contributed by atoms with Gasteiger partial charge in [0, 0.05) is 24.7 Å². The van der Waals surface area contributed by atoms with Gasteiger partial charge < -0.3 is 0 Å². The first kappa shape index (κ1) is 9.80. The molecule has 0 aliphatic heterocycles. The smallest absolute Gasteiger partial charge is 0.297 e. The fourth-order valence-corrected chi connectivity index (χ4v) is 0.965. The second-order valence-electron chi connectivity index (χ2n) is 2.39. The average Bonchev–Trinajstić information content (AvgIpc) is 2.09. The van der Waals surface area contributed by atoms with Crippen molar-refractivity contribution in [1.82, 2.24) is 9.55 Å². The highest BCUT2D eigenvalue weighted by Gasteiger charge is 1.91. The highest BCUT2D eigenvalue weighted by molar-refractivity contribution is 6.18. The van der Waals surface area contributed by atoms with Crippen LogP contribution < -0.4 is 11.2 Å². The number of halogens is 1. The van der Waals surface area contributed by atoms with Crippen molar-refractivity contribution in [3.63, 3.8) is 0 Å². The number of nitrogens with one attached hydrogen (secondary N) is 1. The molecule has 1 heterocycles. The van der Waals surface area contributed by atoms with Crippen LogP contribution in [0, 0.1) is 0 Å². The van der Waals surface area contributed by atoms with Crippen LogP contribution in [0.1, 0.15) is 0 Å². The summed E-state index contributed by atoms with van der Waals surface area (Å²) < 4.78 is 1.38. The van der Waals surface area contributed by atoms with Crippen LogP contribution in [0.3, 0.4) is 0 Å². The highest BCUT2D eigenvalue weighted by atomic mass is 35.5. The summed E-state index contributed by atoms with van der Waals surface area (Å²) in [6.45, 7) is 0.419. The third-order valence-corrected chi connectivity index (χ3v) is 1.63. The van der Waals surface area contributed by atoms with Gasteiger partial charge in [-0.3, -0.25) is 14.3 Å². The molecular weight excluding hydrogens is 192 g/mol. The number of aromatic nitrogens is 2. The lowest BCUT2D eigenvalue weighted by Gasteiger charge is -1.97. The molecular formula is C8H9ClN2O2. The SMILES string of the molecule is O=c1ccn(C/C=C\CCl)c(=O)[nH]1. The average molecular weight is 201 g/mol. The molecule has 0 saturated carbocycles. The molecule has 0 aliphatic rings. The van der Waals surface area contributed by atoms with Gasteiger partial charge in [0.15, 0.2) is 0 Å². The highest BCUT2D eigenvalue weighted by Crippen LogP contribution is 1.82. The van der Waals surface area contributed by atoms with Gasteiger partial charge >= 0.3 is 5.69 Å². The van der Waals surface area contributed by atoms with Gasteiger partial charge in [-0.25, -0.2) is 4.79 Å². The lowest BCUT2D eigenvalue weighted by atomic mass is 10.5. The van der Waals surface area contributed by atoms with Crippen molar-refractivity contribution in [3.8, 4) is 0 Å². The number of rotatable bonds is 3. The van der Waals surface area contributed by atoms with Gasteiger partial charge in [-0.1, -0.05) is 12.2 Å². The van der Waals surface area contributed by atoms with Crippen molar-refractivity contribution in [3.05, 3.63) is 45.3 Å². The summed E-state index contributed by atoms with van der Waals surface area (Å²) in [5, 5.41) is 0. The van der Waals surface area contributed by atoms with Gasteiger partial charge in [-0.15, -0.1) is 11.6 Å². The minimum absolute atomic E-state index is 0.387. The van der Waals surface area contributed by atoms with Gasteiger partial charge in [-0.2, -0.15) is 0 Å². The van der Waals surface area contributed by atoms with Crippen molar-refractivity contribution >= 4 is 11.6 Å². The molecule has 0 aromatic carbocycles. The molecule has 0 bridgehead atoms. The Balaban J connectivity index is 2.84. The van der Waals surface area contributed by atoms with Crippen LogP contribution in [0.5, 0.6) is 0 Å². The molecule has 1 aromatic heterocycles. The summed E-state index contributed by atoms with van der Waals surface area (Å²) in [5.74, 6) is 0.415. The molecule has 1 N–H and O–H groups in total. The molecule has 1 rings (SSSR count). The van der Waals surface area contributed by atoms with E-state index in [4.69, 9.17) is 11.6 Å². The number of alkyl halides is 1. The van der Waals surface area contributed by atoms with Gasteiger partial charge in [0.1, 0.15) is 0 Å². The first-order chi connectivity index (χ1) is 6.24. The Morgan fingerprint density at radius 3 is 2.85 bits per heavy atom. The maximum atomic E-state index is 11.1. The zero-order valence-electron chi connectivity index (χ0n) is 6.87. The molecule has 0 amide bonds. The normalized spacial score (nSPS) is 10.8. The van der Waals surface area contributed by atoms with Crippen molar-refractivity contribution in [2.45, 2.75) is 6.54 Å². The third kappa shape index (κ3) is 2.91. The Labute approximate surface area is 79.5 Å². The van der Waals surface area contributed by atoms with E-state index in [1.54, 1.807) is 12.2 Å². The predicted octanol–water partition coefficient (Wildman–Crippen LogP) is 0.332. The van der Waals surface area contributed by atoms with E-state index in [0.717, 1.165) is 0 Å². The molecule has 0 radical (unpaired) electrons. The Hall–Kier alpha value is -1.29. The molecule has 4 nitrogen and oxygen atoms in total. The van der Waals surface area contributed by atoms with E-state index in [0.29, 0.717) is 12.4 Å². The summed E-state index contributed by atoms with van der Waals surface area (Å²) in [4.78, 5) is 23.9. The van der Waals surface area contributed by atoms with Crippen LogP contribution >= 0.6 is 11.6 Å². The maximum Gasteiger partial charge on any atom is 0.328 e. The van der Waals surface area contributed by atoms with Gasteiger partial charge in [-0.05, 0) is 0 Å². The Morgan fingerprint density at radius 1 is 1.46 bits per heavy atom. The Morgan fingerprint density at radius 2 is 2.23 bits per heavy atom. The first-order valence-corrected chi connectivity index (χ1v) is 4.28. The van der Waals surface area contributed by atoms with E-state index >= 15 is 0 Å². The number of nitrogens with zero attached hydrogens (tertiary/aromatic N) is 1. The summed E-state index contributed by atoms with van der Waals surface area (Å²) in [6.07, 6.45) is 4.94. The van der Waals surface area contributed by atoms with E-state index in [1.807, 2.05) is 0 Å². The molecule has 13 heavy (non-hydrogen) atoms. The molecule has 5 heteroatoms. The minimum atomic E-state index is -0.410. The molecule has 0 fully saturated rings. The van der Waals surface area contributed by atoms with Crippen molar-refractivity contribution < 1.29 is 0 Å². The summed E-state index contributed by atoms with van der Waals surface area (Å²) in [5.41, 5.74) is -0.797. The summed E-state index contributed by atoms with van der Waals surface area (Å²) >= 11 is 5.40. The van der Waals surface area contributed by atoms with E-state index in [9.17, 15) is 9.59 Å². The third-order valence-electron chi connectivity index (χ3n) is 1.45. The topological polar surface area (TPSA) is 54.9 Å². The zero-order chi connectivity index (χ0) is 9.68. The lowest BCUT2D eigenvalue weighted by Crippen LogP contribution is -2.28. The molecule has 0 unspecified atom stereocenters. The number of hydrogen-bond acceptors (Lipinski definition) is 2. The number of aromatic amines is 1. The van der Waals surface area contributed by atoms with E-state index in [2.05, 4.69) is 4.98 Å². The van der Waals surface area contributed by atoms with Crippen LogP contribution in [-0.2, 0) is 6.54 Å². The fraction of sp³-hybridized carbons (Fsp3) is 0.250. The summed E-state index contributed by atoms with van der Waals surface area (Å²) in [6, 6.07) is 1.30. The van der Waals surface area contributed by atoms with Gasteiger partial charge in [0.05, 0.1) is 0 Å². The number of allylic oxidation sites excluding steroid dienone is 2. The first-order valence-electron chi connectivity index (χ1n) is 3.75. The monoisotopic (exact) mass is 200 g/mol. The molecule has 0 aliphatic carbocycles. The van der Waals surface area contributed by atoms with Crippen molar-refractivity contribution in [1.29, 1.82) is 0 Å². The maximum absolute atomic E-state index is 11.1. The number of H-pyrrole nitrogens is 1. The van der Waals surface area contributed by atoms with Crippen LogP contribution in [0.15, 0.2) is 34.0 Å². The van der Waals surface area contributed by atoms with Crippen LogP contribution in [0.25, 0.3) is 0 Å². The molecule has 1 aromatic rings. The summed E-state index contributed by atoms with van der Waals surface area (Å²) in [7, 11) is 0. The standard InChI is InChI=1S/C8H9ClN2O2/c9-4-1-2-5-11-6-3-7(12)10-8(11)13/h1-3,6H,4-5H2,(H,10,12,13)/b2-1-. The molecule has 0 saturated heterocycles. The van der Waals surface area contributed by atoms with Crippen LogP contribution in [0.4, 0.5) is 0 Å². The fourth-order valence-electron chi connectivity index (χ4n) is 0.839. The van der Waals surface area contributed by atoms with Gasteiger partial charge in [0.25, 0.3) is 5.56 Å². The lowest BCUT2D eigenvalue weighted by molar-refractivity contribution is 0.735. The molecule has 0 spiro atoms. The van der Waals surface area contributed by atoms with E-state index in [-0.39, 0.29) is 5.56 Å². The Kier molecular flexibility index (Phi) is 3.52. The van der Waals surface area contributed by atoms with Crippen molar-refractivity contribution in [2.75, 3.05) is 5.88 Å². The Bertz CT molecular complexity index is 405. The van der Waals surface area contributed by atoms with E-state index < -0.39 is 5.69 Å². The molecule has 0 atom stereocenters. The quantitative estimate of drug-likeness (QED) is 0.565. The van der Waals surface area contributed by atoms with E-state index in [1.165, 1.54) is 16.8 Å². The molecule has 70 valence electrons. The number of hydrogen-bond donors (Lipinski definition) is 1. The second-order valence-corrected chi connectivity index (χ2v) is 2.70. The van der Waals surface area contributed by atoms with Crippen molar-refractivity contribution in [2.24, 2.45) is 0 Å². The zero-order valence-corrected chi connectivity index (χ0v) is 7.62. The largest absolute Gasteiger partial charge is 0.328 e. The van der Waals surface area contributed by atoms with Crippen LogP contribution in [0.2, 0.25) is 0 Å². The van der Waals surface area contributed by atoms with Gasteiger partial charge in [0.2, 0.25) is 0 Å².